The first-order chi connectivity index (χ1) is 12.1. The van der Waals surface area contributed by atoms with Crippen LogP contribution in [0, 0.1) is 11.7 Å². The zero-order valence-corrected chi connectivity index (χ0v) is 18.3. The molecule has 1 aromatic rings. The van der Waals surface area contributed by atoms with E-state index in [9.17, 15) is 4.39 Å². The second kappa shape index (κ2) is 12.3. The number of benzene rings is 1. The Bertz CT molecular complexity index is 558. The lowest BCUT2D eigenvalue weighted by molar-refractivity contribution is 0.210. The fourth-order valence-electron chi connectivity index (χ4n) is 3.05. The van der Waals surface area contributed by atoms with Crippen LogP contribution >= 0.6 is 24.0 Å². The second-order valence-electron chi connectivity index (χ2n) is 6.76. The third-order valence-electron chi connectivity index (χ3n) is 4.26. The Morgan fingerprint density at radius 1 is 1.42 bits per heavy atom. The lowest BCUT2D eigenvalue weighted by atomic mass is 9.99. The fourth-order valence-corrected chi connectivity index (χ4v) is 3.05. The Kier molecular flexibility index (Phi) is 10.9. The van der Waals surface area contributed by atoms with E-state index in [0.717, 1.165) is 25.6 Å². The summed E-state index contributed by atoms with van der Waals surface area (Å²) in [6.45, 7) is 8.57. The molecule has 1 heterocycles. The molecule has 0 aromatic heterocycles. The molecule has 1 saturated heterocycles. The molecule has 1 aliphatic rings. The Morgan fingerprint density at radius 2 is 2.23 bits per heavy atom. The number of piperidine rings is 1. The van der Waals surface area contributed by atoms with Gasteiger partial charge >= 0.3 is 0 Å². The zero-order chi connectivity index (χ0) is 18.1. The first-order valence-electron chi connectivity index (χ1n) is 9.19. The van der Waals surface area contributed by atoms with E-state index in [2.05, 4.69) is 34.5 Å². The van der Waals surface area contributed by atoms with Gasteiger partial charge in [0.2, 0.25) is 0 Å². The molecular formula is C19H32FIN4O. The normalized spacial score (nSPS) is 19.4. The molecular weight excluding hydrogens is 446 g/mol. The number of nitrogens with one attached hydrogen (secondary N) is 2. The van der Waals surface area contributed by atoms with Crippen molar-refractivity contribution in [2.45, 2.75) is 32.8 Å². The molecule has 0 radical (unpaired) electrons. The van der Waals surface area contributed by atoms with Crippen LogP contribution in [0.15, 0.2) is 29.3 Å². The van der Waals surface area contributed by atoms with Crippen LogP contribution in [0.4, 0.5) is 4.39 Å². The first kappa shape index (κ1) is 23.0. The van der Waals surface area contributed by atoms with Crippen molar-refractivity contribution in [3.8, 4) is 5.75 Å². The van der Waals surface area contributed by atoms with Gasteiger partial charge in [0.25, 0.3) is 0 Å². The van der Waals surface area contributed by atoms with Crippen molar-refractivity contribution >= 4 is 29.9 Å². The van der Waals surface area contributed by atoms with Gasteiger partial charge in [0.05, 0.1) is 6.54 Å². The van der Waals surface area contributed by atoms with E-state index in [4.69, 9.17) is 4.74 Å². The number of rotatable bonds is 7. The number of guanidine groups is 1. The number of ether oxygens (including phenoxy) is 1. The van der Waals surface area contributed by atoms with Gasteiger partial charge in [0.15, 0.2) is 5.96 Å². The molecule has 26 heavy (non-hydrogen) atoms. The molecule has 2 unspecified atom stereocenters. The average Bonchev–Trinajstić information content (AvgIpc) is 2.57. The molecule has 1 aromatic carbocycles. The summed E-state index contributed by atoms with van der Waals surface area (Å²) in [6, 6.07) is 6.20. The van der Waals surface area contributed by atoms with E-state index in [1.54, 1.807) is 12.1 Å². The van der Waals surface area contributed by atoms with Crippen LogP contribution in [0.1, 0.15) is 26.7 Å². The van der Waals surface area contributed by atoms with E-state index in [1.807, 2.05) is 6.92 Å². The van der Waals surface area contributed by atoms with E-state index in [0.29, 0.717) is 18.2 Å². The Morgan fingerprint density at radius 3 is 2.92 bits per heavy atom. The smallest absolute Gasteiger partial charge is 0.191 e. The van der Waals surface area contributed by atoms with Crippen molar-refractivity contribution in [1.29, 1.82) is 0 Å². The maximum absolute atomic E-state index is 13.2. The minimum absolute atomic E-state index is 0. The van der Waals surface area contributed by atoms with Crippen LogP contribution in [0.5, 0.6) is 5.75 Å². The average molecular weight is 478 g/mol. The molecule has 0 aliphatic carbocycles. The molecule has 1 aliphatic heterocycles. The third kappa shape index (κ3) is 8.53. The molecule has 0 spiro atoms. The van der Waals surface area contributed by atoms with Gasteiger partial charge in [-0.15, -0.1) is 24.0 Å². The van der Waals surface area contributed by atoms with E-state index >= 15 is 0 Å². The van der Waals surface area contributed by atoms with E-state index in [-0.39, 0.29) is 35.9 Å². The maximum Gasteiger partial charge on any atom is 0.191 e. The SMILES string of the molecule is CCNC(=NCC(C)Oc1cccc(F)c1)NCC1CCCN(C)C1.I. The van der Waals surface area contributed by atoms with Crippen LogP contribution in [0.2, 0.25) is 0 Å². The fraction of sp³-hybridized carbons (Fsp3) is 0.632. The molecule has 2 N–H and O–H groups in total. The summed E-state index contributed by atoms with van der Waals surface area (Å²) < 4.78 is 18.9. The van der Waals surface area contributed by atoms with Crippen molar-refractivity contribution in [2.24, 2.45) is 10.9 Å². The van der Waals surface area contributed by atoms with Crippen molar-refractivity contribution in [3.05, 3.63) is 30.1 Å². The van der Waals surface area contributed by atoms with Crippen molar-refractivity contribution in [3.63, 3.8) is 0 Å². The van der Waals surface area contributed by atoms with Gasteiger partial charge in [-0.25, -0.2) is 9.38 Å². The highest BCUT2D eigenvalue weighted by atomic mass is 127. The lowest BCUT2D eigenvalue weighted by Gasteiger charge is -2.30. The minimum Gasteiger partial charge on any atom is -0.489 e. The molecule has 2 atom stereocenters. The van der Waals surface area contributed by atoms with Crippen LogP contribution in [0.25, 0.3) is 0 Å². The molecule has 7 heteroatoms. The summed E-state index contributed by atoms with van der Waals surface area (Å²) >= 11 is 0. The molecule has 1 fully saturated rings. The Hall–Kier alpha value is -1.09. The number of aliphatic imine (C=N–C) groups is 1. The Labute approximate surface area is 173 Å². The number of nitrogens with zero attached hydrogens (tertiary/aromatic N) is 2. The van der Waals surface area contributed by atoms with Gasteiger partial charge < -0.3 is 20.3 Å². The van der Waals surface area contributed by atoms with Crippen molar-refractivity contribution in [2.75, 3.05) is 39.8 Å². The minimum atomic E-state index is -0.291. The quantitative estimate of drug-likeness (QED) is 0.359. The maximum atomic E-state index is 13.2. The highest BCUT2D eigenvalue weighted by Crippen LogP contribution is 2.14. The monoisotopic (exact) mass is 478 g/mol. The molecule has 0 bridgehead atoms. The molecule has 5 nitrogen and oxygen atoms in total. The van der Waals surface area contributed by atoms with Gasteiger partial charge in [-0.3, -0.25) is 0 Å². The highest BCUT2D eigenvalue weighted by molar-refractivity contribution is 14.0. The largest absolute Gasteiger partial charge is 0.489 e. The van der Waals surface area contributed by atoms with E-state index in [1.165, 1.54) is 31.5 Å². The van der Waals surface area contributed by atoms with Crippen molar-refractivity contribution in [1.82, 2.24) is 15.5 Å². The highest BCUT2D eigenvalue weighted by Gasteiger charge is 2.17. The molecule has 148 valence electrons. The summed E-state index contributed by atoms with van der Waals surface area (Å²) in [5.74, 6) is 1.71. The lowest BCUT2D eigenvalue weighted by Crippen LogP contribution is -2.43. The topological polar surface area (TPSA) is 48.9 Å². The second-order valence-corrected chi connectivity index (χ2v) is 6.76. The number of halogens is 2. The van der Waals surface area contributed by atoms with Gasteiger partial charge in [0, 0.05) is 25.7 Å². The summed E-state index contributed by atoms with van der Waals surface area (Å²) in [6.07, 6.45) is 2.39. The molecule has 0 saturated carbocycles. The third-order valence-corrected chi connectivity index (χ3v) is 4.26. The summed E-state index contributed by atoms with van der Waals surface area (Å²) in [4.78, 5) is 6.98. The molecule has 2 rings (SSSR count). The Balaban J connectivity index is 0.00000338. The van der Waals surface area contributed by atoms with Gasteiger partial charge in [-0.05, 0) is 58.3 Å². The number of hydrogen-bond acceptors (Lipinski definition) is 3. The van der Waals surface area contributed by atoms with E-state index < -0.39 is 0 Å². The van der Waals surface area contributed by atoms with Gasteiger partial charge in [-0.1, -0.05) is 6.07 Å². The molecule has 0 amide bonds. The van der Waals surface area contributed by atoms with Gasteiger partial charge in [-0.2, -0.15) is 0 Å². The predicted molar refractivity (Wildman–Crippen MR) is 116 cm³/mol. The van der Waals surface area contributed by atoms with Crippen LogP contribution in [-0.4, -0.2) is 56.7 Å². The number of likely N-dealkylation sites (tertiary alicyclic amines) is 1. The zero-order valence-electron chi connectivity index (χ0n) is 16.0. The standard InChI is InChI=1S/C19H31FN4O.HI/c1-4-21-19(23-13-16-7-6-10-24(3)14-16)22-12-15(2)25-18-9-5-8-17(20)11-18;/h5,8-9,11,15-16H,4,6-7,10,12-14H2,1-3H3,(H2,21,22,23);1H. The van der Waals surface area contributed by atoms with Crippen LogP contribution in [-0.2, 0) is 0 Å². The number of hydrogen-bond donors (Lipinski definition) is 2. The van der Waals surface area contributed by atoms with Crippen LogP contribution in [0.3, 0.4) is 0 Å². The van der Waals surface area contributed by atoms with Crippen LogP contribution < -0.4 is 15.4 Å². The van der Waals surface area contributed by atoms with Gasteiger partial charge in [0.1, 0.15) is 17.7 Å². The first-order valence-corrected chi connectivity index (χ1v) is 9.19. The summed E-state index contributed by atoms with van der Waals surface area (Å²) in [5, 5.41) is 6.71. The predicted octanol–water partition coefficient (Wildman–Crippen LogP) is 3.11. The van der Waals surface area contributed by atoms with Crippen molar-refractivity contribution < 1.29 is 9.13 Å². The summed E-state index contributed by atoms with van der Waals surface area (Å²) in [7, 11) is 2.18. The summed E-state index contributed by atoms with van der Waals surface area (Å²) in [5.41, 5.74) is 0.